The Morgan fingerprint density at radius 2 is 1.94 bits per heavy atom. The largest absolute Gasteiger partial charge is 0.426 e. The molecule has 0 aromatic heterocycles. The molecule has 0 atom stereocenters. The summed E-state index contributed by atoms with van der Waals surface area (Å²) < 4.78 is 41.7. The molecule has 0 aliphatic carbocycles. The van der Waals surface area contributed by atoms with Crippen LogP contribution in [0.2, 0.25) is 0 Å². The highest BCUT2D eigenvalue weighted by molar-refractivity contribution is 5.74. The Balaban J connectivity index is 2.88. The highest BCUT2D eigenvalue weighted by Crippen LogP contribution is 2.31. The quantitative estimate of drug-likeness (QED) is 0.577. The van der Waals surface area contributed by atoms with E-state index in [-0.39, 0.29) is 11.7 Å². The van der Waals surface area contributed by atoms with Gasteiger partial charge in [0.15, 0.2) is 0 Å². The fraction of sp³-hybridized carbons (Fsp3) is 0.364. The van der Waals surface area contributed by atoms with Gasteiger partial charge in [-0.1, -0.05) is 19.9 Å². The molecular weight excluding hydrogens is 221 g/mol. The average Bonchev–Trinajstić information content (AvgIpc) is 2.16. The smallest absolute Gasteiger partial charge is 0.416 e. The molecule has 0 saturated heterocycles. The zero-order valence-corrected chi connectivity index (χ0v) is 8.84. The summed E-state index contributed by atoms with van der Waals surface area (Å²) in [6, 6.07) is 4.24. The van der Waals surface area contributed by atoms with E-state index in [1.165, 1.54) is 12.1 Å². The van der Waals surface area contributed by atoms with Crippen molar-refractivity contribution in [3.63, 3.8) is 0 Å². The zero-order valence-electron chi connectivity index (χ0n) is 8.84. The van der Waals surface area contributed by atoms with Crippen LogP contribution in [0.5, 0.6) is 5.75 Å². The maximum absolute atomic E-state index is 12.3. The van der Waals surface area contributed by atoms with Gasteiger partial charge in [0, 0.05) is 0 Å². The number of hydrogen-bond donors (Lipinski definition) is 0. The van der Waals surface area contributed by atoms with Gasteiger partial charge in [0.2, 0.25) is 0 Å². The lowest BCUT2D eigenvalue weighted by atomic mass is 10.2. The van der Waals surface area contributed by atoms with E-state index < -0.39 is 17.7 Å². The van der Waals surface area contributed by atoms with E-state index in [1.54, 1.807) is 13.8 Å². The Morgan fingerprint density at radius 1 is 1.31 bits per heavy atom. The molecule has 5 heteroatoms. The van der Waals surface area contributed by atoms with Crippen molar-refractivity contribution >= 4 is 5.97 Å². The minimum Gasteiger partial charge on any atom is -0.426 e. The van der Waals surface area contributed by atoms with E-state index in [0.717, 1.165) is 12.1 Å². The summed E-state index contributed by atoms with van der Waals surface area (Å²) >= 11 is 0. The molecule has 0 unspecified atom stereocenters. The van der Waals surface area contributed by atoms with Crippen LogP contribution < -0.4 is 4.74 Å². The summed E-state index contributed by atoms with van der Waals surface area (Å²) in [7, 11) is 0. The number of ether oxygens (including phenoxy) is 1. The molecule has 0 aliphatic heterocycles. The SMILES string of the molecule is CC(C)C(=O)Oc1cccc(C(F)(F)F)c1. The van der Waals surface area contributed by atoms with E-state index in [2.05, 4.69) is 0 Å². The second kappa shape index (κ2) is 4.55. The summed E-state index contributed by atoms with van der Waals surface area (Å²) in [6.45, 7) is 3.21. The fourth-order valence-corrected chi connectivity index (χ4v) is 0.970. The molecule has 0 amide bonds. The van der Waals surface area contributed by atoms with Gasteiger partial charge in [-0.3, -0.25) is 4.79 Å². The highest BCUT2D eigenvalue weighted by atomic mass is 19.4. The van der Waals surface area contributed by atoms with Gasteiger partial charge in [0.05, 0.1) is 11.5 Å². The third kappa shape index (κ3) is 3.25. The first kappa shape index (κ1) is 12.5. The Morgan fingerprint density at radius 3 is 2.44 bits per heavy atom. The van der Waals surface area contributed by atoms with Crippen molar-refractivity contribution in [2.24, 2.45) is 5.92 Å². The monoisotopic (exact) mass is 232 g/mol. The summed E-state index contributed by atoms with van der Waals surface area (Å²) in [4.78, 5) is 11.2. The minimum atomic E-state index is -4.43. The van der Waals surface area contributed by atoms with Crippen molar-refractivity contribution in [1.29, 1.82) is 0 Å². The van der Waals surface area contributed by atoms with Crippen molar-refractivity contribution in [1.82, 2.24) is 0 Å². The molecule has 0 N–H and O–H groups in total. The topological polar surface area (TPSA) is 26.3 Å². The molecule has 0 saturated carbocycles. The molecule has 1 rings (SSSR count). The van der Waals surface area contributed by atoms with Crippen LogP contribution in [0.1, 0.15) is 19.4 Å². The van der Waals surface area contributed by atoms with Crippen molar-refractivity contribution in [3.8, 4) is 5.75 Å². The van der Waals surface area contributed by atoms with Crippen LogP contribution in [-0.4, -0.2) is 5.97 Å². The maximum atomic E-state index is 12.3. The molecule has 0 heterocycles. The number of carbonyl (C=O) groups excluding carboxylic acids is 1. The van der Waals surface area contributed by atoms with Gasteiger partial charge in [-0.2, -0.15) is 13.2 Å². The summed E-state index contributed by atoms with van der Waals surface area (Å²) in [6.07, 6.45) is -4.43. The Labute approximate surface area is 91.0 Å². The van der Waals surface area contributed by atoms with Crippen LogP contribution in [0.25, 0.3) is 0 Å². The van der Waals surface area contributed by atoms with E-state index in [1.807, 2.05) is 0 Å². The summed E-state index contributed by atoms with van der Waals surface area (Å²) in [5.41, 5.74) is -0.832. The number of rotatable bonds is 2. The first-order chi connectivity index (χ1) is 7.30. The molecule has 1 aromatic carbocycles. The van der Waals surface area contributed by atoms with Crippen LogP contribution >= 0.6 is 0 Å². The number of esters is 1. The lowest BCUT2D eigenvalue weighted by Crippen LogP contribution is -2.15. The Kier molecular flexibility index (Phi) is 3.57. The molecule has 16 heavy (non-hydrogen) atoms. The second-order valence-corrected chi connectivity index (χ2v) is 3.60. The third-order valence-electron chi connectivity index (χ3n) is 1.85. The number of hydrogen-bond acceptors (Lipinski definition) is 2. The molecule has 0 aliphatic rings. The van der Waals surface area contributed by atoms with Crippen LogP contribution in [0.4, 0.5) is 13.2 Å². The number of halogens is 3. The van der Waals surface area contributed by atoms with Crippen molar-refractivity contribution in [2.75, 3.05) is 0 Å². The standard InChI is InChI=1S/C11H11F3O2/c1-7(2)10(15)16-9-5-3-4-8(6-9)11(12,13)14/h3-7H,1-2H3. The fourth-order valence-electron chi connectivity index (χ4n) is 0.970. The molecule has 0 radical (unpaired) electrons. The molecule has 1 aromatic rings. The number of alkyl halides is 3. The van der Waals surface area contributed by atoms with Crippen LogP contribution in [0.15, 0.2) is 24.3 Å². The predicted molar refractivity (Wildman–Crippen MR) is 51.9 cm³/mol. The molecule has 2 nitrogen and oxygen atoms in total. The molecular formula is C11H11F3O2. The second-order valence-electron chi connectivity index (χ2n) is 3.60. The van der Waals surface area contributed by atoms with Gasteiger partial charge in [0.1, 0.15) is 5.75 Å². The number of benzene rings is 1. The van der Waals surface area contributed by atoms with E-state index >= 15 is 0 Å². The summed E-state index contributed by atoms with van der Waals surface area (Å²) in [5, 5.41) is 0. The van der Waals surface area contributed by atoms with Gasteiger partial charge >= 0.3 is 12.1 Å². The first-order valence-electron chi connectivity index (χ1n) is 4.69. The molecule has 88 valence electrons. The molecule has 0 bridgehead atoms. The van der Waals surface area contributed by atoms with Crippen LogP contribution in [0, 0.1) is 5.92 Å². The lowest BCUT2D eigenvalue weighted by molar-refractivity contribution is -0.140. The maximum Gasteiger partial charge on any atom is 0.416 e. The lowest BCUT2D eigenvalue weighted by Gasteiger charge is -2.10. The normalized spacial score (nSPS) is 11.6. The molecule has 0 fully saturated rings. The number of carbonyl (C=O) groups is 1. The van der Waals surface area contributed by atoms with Gasteiger partial charge in [0.25, 0.3) is 0 Å². The third-order valence-corrected chi connectivity index (χ3v) is 1.85. The van der Waals surface area contributed by atoms with E-state index in [4.69, 9.17) is 4.74 Å². The van der Waals surface area contributed by atoms with Gasteiger partial charge in [-0.05, 0) is 18.2 Å². The van der Waals surface area contributed by atoms with Gasteiger partial charge in [-0.25, -0.2) is 0 Å². The van der Waals surface area contributed by atoms with Gasteiger partial charge < -0.3 is 4.74 Å². The first-order valence-corrected chi connectivity index (χ1v) is 4.69. The Hall–Kier alpha value is -1.52. The molecule has 0 spiro atoms. The Bertz CT molecular complexity index is 383. The van der Waals surface area contributed by atoms with E-state index in [0.29, 0.717) is 0 Å². The van der Waals surface area contributed by atoms with E-state index in [9.17, 15) is 18.0 Å². The summed E-state index contributed by atoms with van der Waals surface area (Å²) in [5.74, 6) is -1.03. The van der Waals surface area contributed by atoms with Crippen LogP contribution in [-0.2, 0) is 11.0 Å². The predicted octanol–water partition coefficient (Wildman–Crippen LogP) is 3.27. The highest BCUT2D eigenvalue weighted by Gasteiger charge is 2.30. The van der Waals surface area contributed by atoms with Crippen molar-refractivity contribution < 1.29 is 22.7 Å². The van der Waals surface area contributed by atoms with Crippen LogP contribution in [0.3, 0.4) is 0 Å². The van der Waals surface area contributed by atoms with Crippen molar-refractivity contribution in [2.45, 2.75) is 20.0 Å². The minimum absolute atomic E-state index is 0.0893. The van der Waals surface area contributed by atoms with Crippen molar-refractivity contribution in [3.05, 3.63) is 29.8 Å². The zero-order chi connectivity index (χ0) is 12.3. The van der Waals surface area contributed by atoms with Gasteiger partial charge in [-0.15, -0.1) is 0 Å². The average molecular weight is 232 g/mol.